The van der Waals surface area contributed by atoms with Crippen molar-refractivity contribution in [2.75, 3.05) is 32.6 Å². The van der Waals surface area contributed by atoms with Crippen molar-refractivity contribution in [3.63, 3.8) is 0 Å². The molecule has 7 nitrogen and oxygen atoms in total. The molecular formula is C15H21N3O4. The molecule has 0 radical (unpaired) electrons. The second-order valence-electron chi connectivity index (χ2n) is 5.23. The number of benzene rings is 1. The number of urea groups is 1. The van der Waals surface area contributed by atoms with Crippen LogP contribution >= 0.6 is 0 Å². The molecule has 0 aliphatic carbocycles. The quantitative estimate of drug-likeness (QED) is 0.860. The molecule has 0 spiro atoms. The predicted octanol–water partition coefficient (Wildman–Crippen LogP) is 1.44. The van der Waals surface area contributed by atoms with E-state index in [1.54, 1.807) is 24.1 Å². The zero-order chi connectivity index (χ0) is 16.1. The lowest BCUT2D eigenvalue weighted by Crippen LogP contribution is -2.37. The summed E-state index contributed by atoms with van der Waals surface area (Å²) in [6, 6.07) is 4.34. The molecule has 1 atom stereocenters. The molecule has 3 N–H and O–H groups in total. The maximum Gasteiger partial charge on any atom is 0.321 e. The Morgan fingerprint density at radius 1 is 1.50 bits per heavy atom. The van der Waals surface area contributed by atoms with Crippen LogP contribution in [-0.2, 0) is 4.74 Å². The van der Waals surface area contributed by atoms with E-state index in [4.69, 9.17) is 15.2 Å². The number of nitrogens with one attached hydrogen (secondary N) is 1. The highest BCUT2D eigenvalue weighted by molar-refractivity contribution is 5.97. The summed E-state index contributed by atoms with van der Waals surface area (Å²) in [4.78, 5) is 25.0. The van der Waals surface area contributed by atoms with Crippen LogP contribution in [0, 0.1) is 0 Å². The van der Waals surface area contributed by atoms with Crippen LogP contribution in [0.25, 0.3) is 0 Å². The summed E-state index contributed by atoms with van der Waals surface area (Å²) >= 11 is 0. The smallest absolute Gasteiger partial charge is 0.321 e. The van der Waals surface area contributed by atoms with Crippen LogP contribution in [-0.4, -0.2) is 50.3 Å². The van der Waals surface area contributed by atoms with Crippen LogP contribution in [0.4, 0.5) is 10.5 Å². The van der Waals surface area contributed by atoms with Crippen LogP contribution in [0.15, 0.2) is 18.2 Å². The Bertz CT molecular complexity index is 556. The molecule has 0 saturated carbocycles. The maximum absolute atomic E-state index is 12.2. The zero-order valence-electron chi connectivity index (χ0n) is 12.8. The fourth-order valence-electron chi connectivity index (χ4n) is 2.35. The first-order chi connectivity index (χ1) is 10.5. The number of hydrogen-bond donors (Lipinski definition) is 2. The molecule has 3 amide bonds. The van der Waals surface area contributed by atoms with E-state index in [2.05, 4.69) is 5.32 Å². The van der Waals surface area contributed by atoms with Crippen LogP contribution in [0.2, 0.25) is 0 Å². The Balaban J connectivity index is 2.05. The number of ether oxygens (including phenoxy) is 2. The molecule has 0 aromatic heterocycles. The van der Waals surface area contributed by atoms with E-state index < -0.39 is 5.91 Å². The van der Waals surface area contributed by atoms with E-state index in [0.717, 1.165) is 19.4 Å². The fraction of sp³-hybridized carbons (Fsp3) is 0.467. The van der Waals surface area contributed by atoms with E-state index in [1.165, 1.54) is 13.2 Å². The molecule has 1 aliphatic rings. The van der Waals surface area contributed by atoms with Gasteiger partial charge in [0.1, 0.15) is 5.75 Å². The van der Waals surface area contributed by atoms with Crippen LogP contribution in [0.5, 0.6) is 5.75 Å². The molecule has 0 bridgehead atoms. The monoisotopic (exact) mass is 307 g/mol. The van der Waals surface area contributed by atoms with Gasteiger partial charge in [-0.2, -0.15) is 0 Å². The Morgan fingerprint density at radius 3 is 2.86 bits per heavy atom. The van der Waals surface area contributed by atoms with Gasteiger partial charge in [0.2, 0.25) is 5.91 Å². The number of carbonyl (C=O) groups is 2. The molecule has 1 aliphatic heterocycles. The van der Waals surface area contributed by atoms with Crippen LogP contribution in [0.3, 0.4) is 0 Å². The van der Waals surface area contributed by atoms with Gasteiger partial charge >= 0.3 is 6.03 Å². The molecule has 7 heteroatoms. The number of amides is 3. The summed E-state index contributed by atoms with van der Waals surface area (Å²) in [6.07, 6.45) is 2.06. The molecule has 1 saturated heterocycles. The number of nitrogens with two attached hydrogens (primary N) is 1. The molecule has 2 rings (SSSR count). The van der Waals surface area contributed by atoms with Gasteiger partial charge in [-0.15, -0.1) is 0 Å². The maximum atomic E-state index is 12.2. The molecule has 1 heterocycles. The summed E-state index contributed by atoms with van der Waals surface area (Å²) in [5, 5.41) is 2.73. The Labute approximate surface area is 129 Å². The molecule has 1 unspecified atom stereocenters. The van der Waals surface area contributed by atoms with Gasteiger partial charge in [-0.25, -0.2) is 4.79 Å². The minimum Gasteiger partial charge on any atom is -0.495 e. The van der Waals surface area contributed by atoms with Crippen molar-refractivity contribution in [2.45, 2.75) is 18.9 Å². The second kappa shape index (κ2) is 7.13. The molecule has 1 aromatic rings. The predicted molar refractivity (Wildman–Crippen MR) is 82.1 cm³/mol. The average molecular weight is 307 g/mol. The van der Waals surface area contributed by atoms with Gasteiger partial charge in [0.05, 0.1) is 18.9 Å². The number of primary amides is 1. The number of methoxy groups -OCH3 is 1. The average Bonchev–Trinajstić information content (AvgIpc) is 2.99. The summed E-state index contributed by atoms with van der Waals surface area (Å²) < 4.78 is 10.7. The molecular weight excluding hydrogens is 286 g/mol. The SMILES string of the molecule is COc1ccc(C(N)=O)cc1NC(=O)N(C)CC1CCCO1. The van der Waals surface area contributed by atoms with Gasteiger partial charge in [-0.05, 0) is 31.0 Å². The molecule has 120 valence electrons. The van der Waals surface area contributed by atoms with Gasteiger partial charge in [0.15, 0.2) is 0 Å². The Hall–Kier alpha value is -2.28. The van der Waals surface area contributed by atoms with Crippen molar-refractivity contribution in [2.24, 2.45) is 5.73 Å². The van der Waals surface area contributed by atoms with E-state index >= 15 is 0 Å². The first-order valence-electron chi connectivity index (χ1n) is 7.13. The van der Waals surface area contributed by atoms with Gasteiger partial charge in [0, 0.05) is 25.8 Å². The number of rotatable bonds is 5. The number of carbonyl (C=O) groups excluding carboxylic acids is 2. The zero-order valence-corrected chi connectivity index (χ0v) is 12.8. The van der Waals surface area contributed by atoms with Gasteiger partial charge in [0.25, 0.3) is 0 Å². The van der Waals surface area contributed by atoms with Crippen molar-refractivity contribution in [3.8, 4) is 5.75 Å². The minimum absolute atomic E-state index is 0.0783. The van der Waals surface area contributed by atoms with Crippen molar-refractivity contribution in [1.82, 2.24) is 4.90 Å². The summed E-state index contributed by atoms with van der Waals surface area (Å²) in [5.74, 6) is -0.102. The number of likely N-dealkylation sites (N-methyl/N-ethyl adjacent to an activating group) is 1. The lowest BCUT2D eigenvalue weighted by atomic mass is 10.1. The largest absolute Gasteiger partial charge is 0.495 e. The summed E-state index contributed by atoms with van der Waals surface area (Å²) in [5.41, 5.74) is 5.96. The Morgan fingerprint density at radius 2 is 2.27 bits per heavy atom. The Kier molecular flexibility index (Phi) is 5.21. The number of hydrogen-bond acceptors (Lipinski definition) is 4. The lowest BCUT2D eigenvalue weighted by Gasteiger charge is -2.22. The third-order valence-electron chi connectivity index (χ3n) is 3.57. The summed E-state index contributed by atoms with van der Waals surface area (Å²) in [7, 11) is 3.19. The molecule has 22 heavy (non-hydrogen) atoms. The number of nitrogens with zero attached hydrogens (tertiary/aromatic N) is 1. The van der Waals surface area contributed by atoms with Gasteiger partial charge in [-0.1, -0.05) is 0 Å². The first-order valence-corrected chi connectivity index (χ1v) is 7.13. The van der Waals surface area contributed by atoms with Gasteiger partial charge < -0.3 is 25.4 Å². The highest BCUT2D eigenvalue weighted by Crippen LogP contribution is 2.25. The third-order valence-corrected chi connectivity index (χ3v) is 3.57. The highest BCUT2D eigenvalue weighted by Gasteiger charge is 2.21. The van der Waals surface area contributed by atoms with Crippen LogP contribution in [0.1, 0.15) is 23.2 Å². The van der Waals surface area contributed by atoms with E-state index in [9.17, 15) is 9.59 Å². The molecule has 1 aromatic carbocycles. The lowest BCUT2D eigenvalue weighted by molar-refractivity contribution is 0.0894. The highest BCUT2D eigenvalue weighted by atomic mass is 16.5. The second-order valence-corrected chi connectivity index (χ2v) is 5.23. The van der Waals surface area contributed by atoms with E-state index in [-0.39, 0.29) is 12.1 Å². The van der Waals surface area contributed by atoms with E-state index in [0.29, 0.717) is 23.5 Å². The van der Waals surface area contributed by atoms with Crippen molar-refractivity contribution in [3.05, 3.63) is 23.8 Å². The van der Waals surface area contributed by atoms with Crippen molar-refractivity contribution in [1.29, 1.82) is 0 Å². The standard InChI is InChI=1S/C15H21N3O4/c1-18(9-11-4-3-7-22-11)15(20)17-12-8-10(14(16)19)5-6-13(12)21-2/h5-6,8,11H,3-4,7,9H2,1-2H3,(H2,16,19)(H,17,20). The topological polar surface area (TPSA) is 93.9 Å². The minimum atomic E-state index is -0.564. The summed E-state index contributed by atoms with van der Waals surface area (Å²) in [6.45, 7) is 1.26. The van der Waals surface area contributed by atoms with E-state index in [1.807, 2.05) is 0 Å². The van der Waals surface area contributed by atoms with Gasteiger partial charge in [-0.3, -0.25) is 4.79 Å². The number of anilines is 1. The normalized spacial score (nSPS) is 17.1. The van der Waals surface area contributed by atoms with Crippen LogP contribution < -0.4 is 15.8 Å². The first kappa shape index (κ1) is 16.1. The third kappa shape index (κ3) is 3.88. The molecule has 1 fully saturated rings. The fourth-order valence-corrected chi connectivity index (χ4v) is 2.35. The van der Waals surface area contributed by atoms with Crippen molar-refractivity contribution >= 4 is 17.6 Å². The van der Waals surface area contributed by atoms with Crippen molar-refractivity contribution < 1.29 is 19.1 Å².